The fraction of sp³-hybridized carbons (Fsp3) is 0.500. The lowest BCUT2D eigenvalue weighted by atomic mass is 9.95. The number of rotatable bonds is 5. The Balaban J connectivity index is 2.44. The summed E-state index contributed by atoms with van der Waals surface area (Å²) in [6, 6.07) is 3.97. The first-order chi connectivity index (χ1) is 7.53. The molecule has 1 amide bonds. The highest BCUT2D eigenvalue weighted by atomic mass is 16.1. The fourth-order valence-corrected chi connectivity index (χ4v) is 1.50. The molecule has 0 spiro atoms. The van der Waals surface area contributed by atoms with Crippen molar-refractivity contribution in [3.8, 4) is 0 Å². The Kier molecular flexibility index (Phi) is 4.43. The summed E-state index contributed by atoms with van der Waals surface area (Å²) in [6.07, 6.45) is 5.35. The van der Waals surface area contributed by atoms with Gasteiger partial charge in [-0.15, -0.1) is 0 Å². The zero-order chi connectivity index (χ0) is 12.0. The van der Waals surface area contributed by atoms with E-state index in [1.54, 1.807) is 12.4 Å². The summed E-state index contributed by atoms with van der Waals surface area (Å²) in [5.74, 6) is -0.111. The summed E-state index contributed by atoms with van der Waals surface area (Å²) < 4.78 is 0. The molecule has 0 saturated heterocycles. The van der Waals surface area contributed by atoms with Crippen molar-refractivity contribution in [1.29, 1.82) is 0 Å². The van der Waals surface area contributed by atoms with Gasteiger partial charge in [-0.25, -0.2) is 0 Å². The van der Waals surface area contributed by atoms with Crippen molar-refractivity contribution >= 4 is 5.91 Å². The number of aromatic nitrogens is 1. The molecule has 0 atom stereocenters. The van der Waals surface area contributed by atoms with E-state index in [-0.39, 0.29) is 18.0 Å². The van der Waals surface area contributed by atoms with Gasteiger partial charge >= 0.3 is 0 Å². The Labute approximate surface area is 96.3 Å². The average molecular weight is 221 g/mol. The quantitative estimate of drug-likeness (QED) is 0.775. The monoisotopic (exact) mass is 221 g/mol. The predicted molar refractivity (Wildman–Crippen MR) is 63.8 cm³/mol. The van der Waals surface area contributed by atoms with Gasteiger partial charge in [0.05, 0.1) is 6.54 Å². The largest absolute Gasteiger partial charge is 0.350 e. The molecule has 16 heavy (non-hydrogen) atoms. The van der Waals surface area contributed by atoms with E-state index in [9.17, 15) is 4.79 Å². The van der Waals surface area contributed by atoms with Gasteiger partial charge in [0.1, 0.15) is 0 Å². The molecule has 0 aliphatic carbocycles. The topological polar surface area (TPSA) is 68.0 Å². The molecule has 0 aliphatic rings. The minimum Gasteiger partial charge on any atom is -0.350 e. The molecule has 1 heterocycles. The highest BCUT2D eigenvalue weighted by Gasteiger charge is 2.19. The third-order valence-electron chi connectivity index (χ3n) is 2.45. The van der Waals surface area contributed by atoms with Crippen LogP contribution in [0.25, 0.3) is 0 Å². The molecule has 4 nitrogen and oxygen atoms in total. The normalized spacial score (nSPS) is 11.2. The smallest absolute Gasteiger partial charge is 0.234 e. The maximum Gasteiger partial charge on any atom is 0.234 e. The third-order valence-corrected chi connectivity index (χ3v) is 2.45. The molecule has 0 aliphatic heterocycles. The zero-order valence-electron chi connectivity index (χ0n) is 9.86. The highest BCUT2D eigenvalue weighted by Crippen LogP contribution is 2.12. The van der Waals surface area contributed by atoms with Crippen molar-refractivity contribution in [2.75, 3.05) is 6.54 Å². The number of pyridine rings is 1. The van der Waals surface area contributed by atoms with Crippen LogP contribution in [0.15, 0.2) is 24.5 Å². The Bertz CT molecular complexity index is 335. The standard InChI is InChI=1S/C12H19N3O/c1-12(2,15-11(16)9-13)6-3-10-4-7-14-8-5-10/h4-5,7-8H,3,6,9,13H2,1-2H3,(H,15,16). The van der Waals surface area contributed by atoms with Crippen LogP contribution in [0.3, 0.4) is 0 Å². The molecular formula is C12H19N3O. The molecule has 88 valence electrons. The molecule has 0 aromatic carbocycles. The molecule has 4 heteroatoms. The number of carbonyl (C=O) groups excluding carboxylic acids is 1. The first-order valence-electron chi connectivity index (χ1n) is 5.43. The number of nitrogens with one attached hydrogen (secondary N) is 1. The number of carbonyl (C=O) groups is 1. The Morgan fingerprint density at radius 3 is 2.62 bits per heavy atom. The zero-order valence-corrected chi connectivity index (χ0v) is 9.86. The van der Waals surface area contributed by atoms with Gasteiger partial charge < -0.3 is 11.1 Å². The van der Waals surface area contributed by atoms with Crippen molar-refractivity contribution < 1.29 is 4.79 Å². The fourth-order valence-electron chi connectivity index (χ4n) is 1.50. The van der Waals surface area contributed by atoms with Gasteiger partial charge in [0.2, 0.25) is 5.91 Å². The predicted octanol–water partition coefficient (Wildman–Crippen LogP) is 0.868. The summed E-state index contributed by atoms with van der Waals surface area (Å²) >= 11 is 0. The van der Waals surface area contributed by atoms with Crippen LogP contribution in [0, 0.1) is 0 Å². The van der Waals surface area contributed by atoms with Crippen LogP contribution >= 0.6 is 0 Å². The van der Waals surface area contributed by atoms with Crippen LogP contribution in [-0.2, 0) is 11.2 Å². The molecule has 1 rings (SSSR count). The van der Waals surface area contributed by atoms with Gasteiger partial charge in [0, 0.05) is 17.9 Å². The van der Waals surface area contributed by atoms with Crippen molar-refractivity contribution in [2.24, 2.45) is 5.73 Å². The molecule has 0 saturated carbocycles. The minimum absolute atomic E-state index is 0.0404. The summed E-state index contributed by atoms with van der Waals surface area (Å²) in [6.45, 7) is 4.04. The van der Waals surface area contributed by atoms with Gasteiger partial charge in [-0.05, 0) is 44.4 Å². The number of amides is 1. The van der Waals surface area contributed by atoms with E-state index in [2.05, 4.69) is 10.3 Å². The van der Waals surface area contributed by atoms with E-state index in [0.717, 1.165) is 12.8 Å². The van der Waals surface area contributed by atoms with E-state index < -0.39 is 0 Å². The summed E-state index contributed by atoms with van der Waals surface area (Å²) in [7, 11) is 0. The van der Waals surface area contributed by atoms with Gasteiger partial charge in [-0.3, -0.25) is 9.78 Å². The lowest BCUT2D eigenvalue weighted by Crippen LogP contribution is -2.46. The molecule has 0 unspecified atom stereocenters. The molecule has 1 aromatic heterocycles. The van der Waals surface area contributed by atoms with Crippen LogP contribution in [-0.4, -0.2) is 23.0 Å². The van der Waals surface area contributed by atoms with E-state index in [4.69, 9.17) is 5.73 Å². The van der Waals surface area contributed by atoms with Crippen molar-refractivity contribution in [3.05, 3.63) is 30.1 Å². The molecular weight excluding hydrogens is 202 g/mol. The summed E-state index contributed by atoms with van der Waals surface area (Å²) in [4.78, 5) is 15.2. The van der Waals surface area contributed by atoms with Crippen LogP contribution in [0.4, 0.5) is 0 Å². The van der Waals surface area contributed by atoms with Crippen molar-refractivity contribution in [2.45, 2.75) is 32.2 Å². The molecule has 0 radical (unpaired) electrons. The molecule has 3 N–H and O–H groups in total. The number of hydrogen-bond donors (Lipinski definition) is 2. The lowest BCUT2D eigenvalue weighted by Gasteiger charge is -2.26. The maximum absolute atomic E-state index is 11.2. The second-order valence-electron chi connectivity index (χ2n) is 4.49. The first kappa shape index (κ1) is 12.6. The average Bonchev–Trinajstić information content (AvgIpc) is 2.27. The van der Waals surface area contributed by atoms with Gasteiger partial charge in [-0.2, -0.15) is 0 Å². The third kappa shape index (κ3) is 4.40. The molecule has 0 bridgehead atoms. The molecule has 1 aromatic rings. The number of hydrogen-bond acceptors (Lipinski definition) is 3. The minimum atomic E-state index is -0.222. The highest BCUT2D eigenvalue weighted by molar-refractivity contribution is 5.78. The van der Waals surface area contributed by atoms with Gasteiger partial charge in [-0.1, -0.05) is 0 Å². The van der Waals surface area contributed by atoms with Gasteiger partial charge in [0.15, 0.2) is 0 Å². The van der Waals surface area contributed by atoms with E-state index >= 15 is 0 Å². The van der Waals surface area contributed by atoms with Crippen molar-refractivity contribution in [3.63, 3.8) is 0 Å². The second kappa shape index (κ2) is 5.61. The van der Waals surface area contributed by atoms with Crippen LogP contribution in [0.2, 0.25) is 0 Å². The van der Waals surface area contributed by atoms with E-state index in [1.165, 1.54) is 5.56 Å². The van der Waals surface area contributed by atoms with E-state index in [1.807, 2.05) is 26.0 Å². The number of nitrogens with two attached hydrogens (primary N) is 1. The second-order valence-corrected chi connectivity index (χ2v) is 4.49. The molecule has 0 fully saturated rings. The SMILES string of the molecule is CC(C)(CCc1ccncc1)NC(=O)CN. The summed E-state index contributed by atoms with van der Waals surface area (Å²) in [5, 5.41) is 2.90. The van der Waals surface area contributed by atoms with Crippen LogP contribution in [0.1, 0.15) is 25.8 Å². The van der Waals surface area contributed by atoms with Gasteiger partial charge in [0.25, 0.3) is 0 Å². The van der Waals surface area contributed by atoms with Crippen molar-refractivity contribution in [1.82, 2.24) is 10.3 Å². The van der Waals surface area contributed by atoms with Crippen LogP contribution in [0.5, 0.6) is 0 Å². The Morgan fingerprint density at radius 1 is 1.44 bits per heavy atom. The number of nitrogens with zero attached hydrogens (tertiary/aromatic N) is 1. The van der Waals surface area contributed by atoms with Crippen LogP contribution < -0.4 is 11.1 Å². The maximum atomic E-state index is 11.2. The summed E-state index contributed by atoms with van der Waals surface area (Å²) in [5.41, 5.74) is 6.27. The lowest BCUT2D eigenvalue weighted by molar-refractivity contribution is -0.121. The first-order valence-corrected chi connectivity index (χ1v) is 5.43. The van der Waals surface area contributed by atoms with E-state index in [0.29, 0.717) is 0 Å². The Hall–Kier alpha value is -1.42. The Morgan fingerprint density at radius 2 is 2.06 bits per heavy atom. The number of aryl methyl sites for hydroxylation is 1.